The van der Waals surface area contributed by atoms with Crippen LogP contribution in [0.4, 0.5) is 10.5 Å². The van der Waals surface area contributed by atoms with E-state index in [4.69, 9.17) is 9.47 Å². The Morgan fingerprint density at radius 1 is 1.06 bits per heavy atom. The smallest absolute Gasteiger partial charge is 0.325 e. The lowest BCUT2D eigenvalue weighted by atomic mass is 9.87. The summed E-state index contributed by atoms with van der Waals surface area (Å²) >= 11 is 0. The van der Waals surface area contributed by atoms with E-state index in [1.807, 2.05) is 18.2 Å². The second-order valence-electron chi connectivity index (χ2n) is 9.45. The Morgan fingerprint density at radius 2 is 1.69 bits per heavy atom. The van der Waals surface area contributed by atoms with Crippen LogP contribution in [0.25, 0.3) is 0 Å². The molecule has 2 aromatic carbocycles. The number of fused-ring (bicyclic) bond motifs is 1. The van der Waals surface area contributed by atoms with Crippen molar-refractivity contribution in [3.63, 3.8) is 0 Å². The predicted molar refractivity (Wildman–Crippen MR) is 126 cm³/mol. The van der Waals surface area contributed by atoms with Crippen molar-refractivity contribution < 1.29 is 28.8 Å². The molecule has 188 valence electrons. The van der Waals surface area contributed by atoms with Gasteiger partial charge < -0.3 is 20.1 Å². The number of hydrogen-bond acceptors (Lipinski definition) is 7. The number of benzene rings is 2. The number of nitrogens with zero attached hydrogens (tertiary/aromatic N) is 2. The van der Waals surface area contributed by atoms with Gasteiger partial charge in [0.25, 0.3) is 11.6 Å². The summed E-state index contributed by atoms with van der Waals surface area (Å²) < 4.78 is 11.3. The molecule has 2 aromatic rings. The number of nitro groups is 1. The summed E-state index contributed by atoms with van der Waals surface area (Å²) in [5.41, 5.74) is -0.916. The molecule has 2 heterocycles. The molecular formula is C25H26N4O7. The number of rotatable bonds is 6. The molecule has 1 saturated heterocycles. The fraction of sp³-hybridized carbons (Fsp3) is 0.400. The Labute approximate surface area is 206 Å². The van der Waals surface area contributed by atoms with Crippen molar-refractivity contribution in [1.82, 2.24) is 15.5 Å². The average Bonchev–Trinajstić information content (AvgIpc) is 3.43. The number of hydrogen-bond donors (Lipinski definition) is 2. The van der Waals surface area contributed by atoms with Crippen molar-refractivity contribution in [1.29, 1.82) is 0 Å². The third-order valence-electron chi connectivity index (χ3n) is 7.16. The highest BCUT2D eigenvalue weighted by atomic mass is 16.6. The van der Waals surface area contributed by atoms with E-state index >= 15 is 0 Å². The zero-order valence-electron chi connectivity index (χ0n) is 19.7. The Bertz CT molecular complexity index is 1240. The van der Waals surface area contributed by atoms with Crippen LogP contribution in [0.5, 0.6) is 11.5 Å². The predicted octanol–water partition coefficient (Wildman–Crippen LogP) is 2.72. The van der Waals surface area contributed by atoms with Gasteiger partial charge in [-0.2, -0.15) is 0 Å². The topological polar surface area (TPSA) is 140 Å². The maximum Gasteiger partial charge on any atom is 0.325 e. The van der Waals surface area contributed by atoms with Crippen molar-refractivity contribution >= 4 is 23.5 Å². The maximum atomic E-state index is 13.2. The van der Waals surface area contributed by atoms with E-state index in [-0.39, 0.29) is 5.69 Å². The fourth-order valence-corrected chi connectivity index (χ4v) is 5.21. The Balaban J connectivity index is 1.33. The molecule has 2 aliphatic heterocycles. The van der Waals surface area contributed by atoms with Crippen LogP contribution in [-0.4, -0.2) is 47.4 Å². The molecule has 0 radical (unpaired) electrons. The minimum Gasteiger partial charge on any atom is -0.486 e. The Hall–Kier alpha value is -4.15. The number of nitro benzene ring substituents is 1. The van der Waals surface area contributed by atoms with Crippen LogP contribution in [0.1, 0.15) is 43.7 Å². The lowest BCUT2D eigenvalue weighted by Gasteiger charge is -2.32. The molecule has 11 nitrogen and oxygen atoms in total. The first-order valence-electron chi connectivity index (χ1n) is 11.8. The largest absolute Gasteiger partial charge is 0.486 e. The van der Waals surface area contributed by atoms with Crippen molar-refractivity contribution in [3.8, 4) is 11.5 Å². The first kappa shape index (κ1) is 23.6. The number of nitrogens with one attached hydrogen (secondary N) is 2. The number of carbonyl (C=O) groups excluding carboxylic acids is 3. The quantitative estimate of drug-likeness (QED) is 0.357. The second kappa shape index (κ2) is 8.81. The van der Waals surface area contributed by atoms with E-state index in [9.17, 15) is 24.5 Å². The number of imide groups is 1. The first-order chi connectivity index (χ1) is 17.2. The molecule has 4 amide bonds. The number of amides is 4. The van der Waals surface area contributed by atoms with E-state index in [0.29, 0.717) is 30.3 Å². The summed E-state index contributed by atoms with van der Waals surface area (Å²) in [6.45, 7) is 2.01. The molecule has 1 atom stereocenters. The monoisotopic (exact) mass is 494 g/mol. The lowest BCUT2D eigenvalue weighted by molar-refractivity contribution is -0.384. The van der Waals surface area contributed by atoms with Crippen molar-refractivity contribution in [2.75, 3.05) is 19.8 Å². The molecule has 1 saturated carbocycles. The van der Waals surface area contributed by atoms with Gasteiger partial charge in [0.1, 0.15) is 25.3 Å². The second-order valence-corrected chi connectivity index (χ2v) is 9.45. The van der Waals surface area contributed by atoms with E-state index in [1.165, 1.54) is 31.2 Å². The minimum atomic E-state index is -1.44. The third-order valence-corrected chi connectivity index (χ3v) is 7.16. The number of non-ortho nitro benzene ring substituents is 1. The zero-order chi connectivity index (χ0) is 25.5. The van der Waals surface area contributed by atoms with Crippen molar-refractivity contribution in [2.45, 2.75) is 43.7 Å². The average molecular weight is 495 g/mol. The Kier molecular flexibility index (Phi) is 5.77. The van der Waals surface area contributed by atoms with Crippen LogP contribution in [0, 0.1) is 10.1 Å². The SMILES string of the molecule is CC1(c2ccc([N+](=O)[O-])cc2)NC(=O)N(CC(=O)NC2(c3ccc4c(c3)OCCO4)CCCC2)C1=O. The van der Waals surface area contributed by atoms with Crippen LogP contribution in [-0.2, 0) is 20.7 Å². The third kappa shape index (κ3) is 4.00. The summed E-state index contributed by atoms with van der Waals surface area (Å²) in [6, 6.07) is 10.3. The number of ether oxygens (including phenoxy) is 2. The van der Waals surface area contributed by atoms with Gasteiger partial charge in [0, 0.05) is 12.1 Å². The summed E-state index contributed by atoms with van der Waals surface area (Å²) in [5, 5.41) is 16.7. The highest BCUT2D eigenvalue weighted by Gasteiger charge is 2.50. The van der Waals surface area contributed by atoms with E-state index in [2.05, 4.69) is 10.6 Å². The van der Waals surface area contributed by atoms with E-state index in [0.717, 1.165) is 36.1 Å². The fourth-order valence-electron chi connectivity index (χ4n) is 5.21. The molecule has 1 unspecified atom stereocenters. The molecule has 0 aromatic heterocycles. The summed E-state index contributed by atoms with van der Waals surface area (Å²) in [4.78, 5) is 50.4. The molecule has 5 rings (SSSR count). The first-order valence-corrected chi connectivity index (χ1v) is 11.8. The number of carbonyl (C=O) groups is 3. The van der Waals surface area contributed by atoms with Crippen LogP contribution in [0.2, 0.25) is 0 Å². The zero-order valence-corrected chi connectivity index (χ0v) is 19.7. The summed E-state index contributed by atoms with van der Waals surface area (Å²) in [5.74, 6) is 0.237. The van der Waals surface area contributed by atoms with Crippen LogP contribution in [0.3, 0.4) is 0 Å². The Morgan fingerprint density at radius 3 is 2.36 bits per heavy atom. The molecule has 1 aliphatic carbocycles. The van der Waals surface area contributed by atoms with Crippen LogP contribution < -0.4 is 20.1 Å². The van der Waals surface area contributed by atoms with E-state index in [1.54, 1.807) is 0 Å². The van der Waals surface area contributed by atoms with Crippen LogP contribution in [0.15, 0.2) is 42.5 Å². The van der Waals surface area contributed by atoms with Crippen molar-refractivity contribution in [3.05, 3.63) is 63.7 Å². The van der Waals surface area contributed by atoms with Gasteiger partial charge in [-0.1, -0.05) is 18.9 Å². The molecule has 2 N–H and O–H groups in total. The minimum absolute atomic E-state index is 0.128. The molecule has 3 aliphatic rings. The van der Waals surface area contributed by atoms with Gasteiger partial charge in [0.2, 0.25) is 5.91 Å². The van der Waals surface area contributed by atoms with Crippen LogP contribution >= 0.6 is 0 Å². The maximum absolute atomic E-state index is 13.2. The highest BCUT2D eigenvalue weighted by molar-refractivity contribution is 6.09. The van der Waals surface area contributed by atoms with Crippen molar-refractivity contribution in [2.24, 2.45) is 0 Å². The molecule has 0 spiro atoms. The lowest BCUT2D eigenvalue weighted by Crippen LogP contribution is -2.49. The summed E-state index contributed by atoms with van der Waals surface area (Å²) in [7, 11) is 0. The van der Waals surface area contributed by atoms with Gasteiger partial charge in [-0.05, 0) is 55.2 Å². The van der Waals surface area contributed by atoms with Gasteiger partial charge in [0.05, 0.1) is 10.5 Å². The van der Waals surface area contributed by atoms with Gasteiger partial charge in [-0.25, -0.2) is 4.79 Å². The molecule has 0 bridgehead atoms. The number of urea groups is 1. The van der Waals surface area contributed by atoms with Gasteiger partial charge >= 0.3 is 6.03 Å². The standard InChI is InChI=1S/C25H26N4O7/c1-24(16-4-7-18(8-5-16)29(33)34)22(31)28(23(32)27-24)15-21(30)26-25(10-2-3-11-25)17-6-9-19-20(14-17)36-13-12-35-19/h4-9,14H,2-3,10-13,15H2,1H3,(H,26,30)(H,27,32). The summed E-state index contributed by atoms with van der Waals surface area (Å²) in [6.07, 6.45) is 3.30. The molecule has 11 heteroatoms. The van der Waals surface area contributed by atoms with Gasteiger partial charge in [-0.3, -0.25) is 24.6 Å². The van der Waals surface area contributed by atoms with Gasteiger partial charge in [-0.15, -0.1) is 0 Å². The molecule has 2 fully saturated rings. The highest BCUT2D eigenvalue weighted by Crippen LogP contribution is 2.42. The van der Waals surface area contributed by atoms with E-state index < -0.39 is 40.4 Å². The molecular weight excluding hydrogens is 468 g/mol. The van der Waals surface area contributed by atoms with Gasteiger partial charge in [0.15, 0.2) is 11.5 Å². The molecule has 36 heavy (non-hydrogen) atoms. The normalized spacial score (nSPS) is 22.3.